The minimum atomic E-state index is 0. The molecule has 1 saturated heterocycles. The number of halogens is 2. The number of hydrogen-bond donors (Lipinski definition) is 2. The van der Waals surface area contributed by atoms with Crippen LogP contribution in [0.15, 0.2) is 24.4 Å². The first-order chi connectivity index (χ1) is 8.84. The third kappa shape index (κ3) is 7.33. The molecule has 7 heteroatoms. The van der Waals surface area contributed by atoms with Crippen LogP contribution in [0.25, 0.3) is 0 Å². The lowest BCUT2D eigenvalue weighted by molar-refractivity contribution is -0.119. The van der Waals surface area contributed by atoms with Crippen molar-refractivity contribution < 1.29 is 4.79 Å². The van der Waals surface area contributed by atoms with E-state index in [1.807, 2.05) is 18.2 Å². The summed E-state index contributed by atoms with van der Waals surface area (Å²) in [5.41, 5.74) is 1.02. The van der Waals surface area contributed by atoms with E-state index in [0.717, 1.165) is 37.4 Å². The van der Waals surface area contributed by atoms with Crippen LogP contribution in [-0.4, -0.2) is 35.8 Å². The average molecular weight is 338 g/mol. The third-order valence-corrected chi connectivity index (χ3v) is 3.84. The van der Waals surface area contributed by atoms with Crippen molar-refractivity contribution in [3.8, 4) is 0 Å². The Morgan fingerprint density at radius 3 is 2.95 bits per heavy atom. The second kappa shape index (κ2) is 11.2. The fourth-order valence-electron chi connectivity index (χ4n) is 1.98. The van der Waals surface area contributed by atoms with Crippen LogP contribution in [0.1, 0.15) is 18.5 Å². The van der Waals surface area contributed by atoms with Crippen LogP contribution in [0.3, 0.4) is 0 Å². The van der Waals surface area contributed by atoms with E-state index in [2.05, 4.69) is 15.6 Å². The molecule has 0 bridgehead atoms. The molecule has 0 unspecified atom stereocenters. The van der Waals surface area contributed by atoms with Crippen LogP contribution >= 0.6 is 36.6 Å². The van der Waals surface area contributed by atoms with Crippen LogP contribution in [0, 0.1) is 0 Å². The van der Waals surface area contributed by atoms with Crippen molar-refractivity contribution in [2.75, 3.05) is 18.8 Å². The number of pyridine rings is 1. The Hall–Kier alpha value is -0.490. The summed E-state index contributed by atoms with van der Waals surface area (Å²) in [6.07, 6.45) is 4.01. The summed E-state index contributed by atoms with van der Waals surface area (Å²) >= 11 is 1.61. The molecule has 1 fully saturated rings. The van der Waals surface area contributed by atoms with E-state index in [1.54, 1.807) is 18.0 Å². The maximum absolute atomic E-state index is 11.7. The number of hydrogen-bond acceptors (Lipinski definition) is 4. The molecule has 1 atom stereocenters. The van der Waals surface area contributed by atoms with Crippen LogP contribution < -0.4 is 10.6 Å². The van der Waals surface area contributed by atoms with Gasteiger partial charge in [0.2, 0.25) is 5.91 Å². The number of rotatable bonds is 5. The van der Waals surface area contributed by atoms with E-state index in [-0.39, 0.29) is 30.7 Å². The number of nitrogens with one attached hydrogen (secondary N) is 2. The van der Waals surface area contributed by atoms with Crippen molar-refractivity contribution in [2.45, 2.75) is 24.6 Å². The van der Waals surface area contributed by atoms with E-state index in [0.29, 0.717) is 11.8 Å². The Kier molecular flexibility index (Phi) is 10.9. The number of thioether (sulfide) groups is 1. The molecule has 1 amide bonds. The highest BCUT2D eigenvalue weighted by molar-refractivity contribution is 7.99. The van der Waals surface area contributed by atoms with Crippen molar-refractivity contribution in [1.29, 1.82) is 0 Å². The number of carbonyl (C=O) groups excluding carboxylic acids is 1. The summed E-state index contributed by atoms with van der Waals surface area (Å²) in [5, 5.41) is 6.35. The average Bonchev–Trinajstić information content (AvgIpc) is 2.41. The van der Waals surface area contributed by atoms with Gasteiger partial charge in [0.05, 0.1) is 11.4 Å². The molecule has 0 aliphatic carbocycles. The first-order valence-corrected chi connectivity index (χ1v) is 7.48. The molecule has 0 radical (unpaired) electrons. The lowest BCUT2D eigenvalue weighted by Gasteiger charge is -2.23. The summed E-state index contributed by atoms with van der Waals surface area (Å²) in [6.45, 7) is 1.97. The van der Waals surface area contributed by atoms with Gasteiger partial charge in [0, 0.05) is 24.5 Å². The standard InChI is InChI=1S/C13H19N3OS.2ClH/c17-13(16-11-5-3-6-14-8-11)10-18-9-12-4-1-2-7-15-12;;/h1-2,4,7,11,14H,3,5-6,8-10H2,(H,16,17);2*1H/t11-;;/m0../s1. The summed E-state index contributed by atoms with van der Waals surface area (Å²) in [4.78, 5) is 16.0. The Labute approximate surface area is 136 Å². The summed E-state index contributed by atoms with van der Waals surface area (Å²) < 4.78 is 0. The van der Waals surface area contributed by atoms with Gasteiger partial charge in [0.25, 0.3) is 0 Å². The molecule has 2 heterocycles. The fraction of sp³-hybridized carbons (Fsp3) is 0.538. The molecule has 20 heavy (non-hydrogen) atoms. The molecule has 0 saturated carbocycles. The van der Waals surface area contributed by atoms with E-state index in [4.69, 9.17) is 0 Å². The molecular formula is C13H21Cl2N3OS. The molecule has 2 rings (SSSR count). The van der Waals surface area contributed by atoms with Gasteiger partial charge in [-0.3, -0.25) is 9.78 Å². The quantitative estimate of drug-likeness (QED) is 0.863. The zero-order chi connectivity index (χ0) is 12.6. The second-order valence-electron chi connectivity index (χ2n) is 4.42. The van der Waals surface area contributed by atoms with Gasteiger partial charge < -0.3 is 10.6 Å². The minimum Gasteiger partial charge on any atom is -0.351 e. The summed E-state index contributed by atoms with van der Waals surface area (Å²) in [7, 11) is 0. The zero-order valence-electron chi connectivity index (χ0n) is 11.2. The van der Waals surface area contributed by atoms with Crippen LogP contribution in [0.2, 0.25) is 0 Å². The Bertz CT molecular complexity index is 375. The van der Waals surface area contributed by atoms with Crippen molar-refractivity contribution >= 4 is 42.5 Å². The molecule has 4 nitrogen and oxygen atoms in total. The molecule has 0 spiro atoms. The highest BCUT2D eigenvalue weighted by Crippen LogP contribution is 2.09. The molecule has 1 aromatic rings. The molecule has 0 aromatic carbocycles. The number of aromatic nitrogens is 1. The fourth-order valence-corrected chi connectivity index (χ4v) is 2.73. The molecule has 1 aliphatic heterocycles. The maximum atomic E-state index is 11.7. The topological polar surface area (TPSA) is 54.0 Å². The lowest BCUT2D eigenvalue weighted by atomic mass is 10.1. The SMILES string of the molecule is Cl.Cl.O=C(CSCc1ccccn1)N[C@H]1CCCNC1. The van der Waals surface area contributed by atoms with Crippen molar-refractivity contribution in [2.24, 2.45) is 0 Å². The van der Waals surface area contributed by atoms with Crippen LogP contribution in [0.4, 0.5) is 0 Å². The lowest BCUT2D eigenvalue weighted by Crippen LogP contribution is -2.46. The van der Waals surface area contributed by atoms with E-state index in [9.17, 15) is 4.79 Å². The third-order valence-electron chi connectivity index (χ3n) is 2.87. The van der Waals surface area contributed by atoms with Crippen molar-refractivity contribution in [3.05, 3.63) is 30.1 Å². The number of nitrogens with zero attached hydrogens (tertiary/aromatic N) is 1. The summed E-state index contributed by atoms with van der Waals surface area (Å²) in [5.74, 6) is 1.43. The highest BCUT2D eigenvalue weighted by Gasteiger charge is 2.14. The molecule has 2 N–H and O–H groups in total. The van der Waals surface area contributed by atoms with Gasteiger partial charge in [0.1, 0.15) is 0 Å². The van der Waals surface area contributed by atoms with Crippen molar-refractivity contribution in [3.63, 3.8) is 0 Å². The summed E-state index contributed by atoms with van der Waals surface area (Å²) in [6, 6.07) is 6.16. The predicted octanol–water partition coefficient (Wildman–Crippen LogP) is 2.03. The largest absolute Gasteiger partial charge is 0.351 e. The second-order valence-corrected chi connectivity index (χ2v) is 5.41. The van der Waals surface area contributed by atoms with Gasteiger partial charge in [-0.05, 0) is 31.5 Å². The normalized spacial score (nSPS) is 17.5. The van der Waals surface area contributed by atoms with Gasteiger partial charge in [-0.25, -0.2) is 0 Å². The monoisotopic (exact) mass is 337 g/mol. The Morgan fingerprint density at radius 1 is 1.45 bits per heavy atom. The smallest absolute Gasteiger partial charge is 0.230 e. The van der Waals surface area contributed by atoms with Crippen LogP contribution in [-0.2, 0) is 10.5 Å². The molecular weight excluding hydrogens is 317 g/mol. The first-order valence-electron chi connectivity index (χ1n) is 6.32. The van der Waals surface area contributed by atoms with Gasteiger partial charge in [-0.15, -0.1) is 36.6 Å². The predicted molar refractivity (Wildman–Crippen MR) is 88.9 cm³/mol. The maximum Gasteiger partial charge on any atom is 0.230 e. The van der Waals surface area contributed by atoms with Crippen LogP contribution in [0.5, 0.6) is 0 Å². The van der Waals surface area contributed by atoms with Crippen molar-refractivity contribution in [1.82, 2.24) is 15.6 Å². The highest BCUT2D eigenvalue weighted by atomic mass is 35.5. The number of piperidine rings is 1. The Balaban J connectivity index is 0.00000180. The molecule has 114 valence electrons. The zero-order valence-corrected chi connectivity index (χ0v) is 13.7. The Morgan fingerprint density at radius 2 is 2.30 bits per heavy atom. The van der Waals surface area contributed by atoms with E-state index in [1.165, 1.54) is 0 Å². The molecule has 1 aliphatic rings. The van der Waals surface area contributed by atoms with E-state index >= 15 is 0 Å². The van der Waals surface area contributed by atoms with Gasteiger partial charge in [-0.2, -0.15) is 0 Å². The first kappa shape index (κ1) is 19.5. The van der Waals surface area contributed by atoms with Gasteiger partial charge in [0.15, 0.2) is 0 Å². The minimum absolute atomic E-state index is 0. The van der Waals surface area contributed by atoms with Gasteiger partial charge >= 0.3 is 0 Å². The number of amides is 1. The van der Waals surface area contributed by atoms with Gasteiger partial charge in [-0.1, -0.05) is 6.07 Å². The van der Waals surface area contributed by atoms with E-state index < -0.39 is 0 Å². The molecule has 1 aromatic heterocycles. The number of carbonyl (C=O) groups is 1.